The lowest BCUT2D eigenvalue weighted by Crippen LogP contribution is -2.15. The maximum atomic E-state index is 12.6. The number of halogens is 5. The third-order valence-corrected chi connectivity index (χ3v) is 3.32. The van der Waals surface area contributed by atoms with Crippen molar-refractivity contribution < 1.29 is 18.0 Å². The number of hydrogen-bond donors (Lipinski definition) is 1. The van der Waals surface area contributed by atoms with Crippen LogP contribution in [0.2, 0.25) is 0 Å². The van der Waals surface area contributed by atoms with Crippen LogP contribution < -0.4 is 5.32 Å². The van der Waals surface area contributed by atoms with Crippen LogP contribution in [-0.4, -0.2) is 15.9 Å². The van der Waals surface area contributed by atoms with Crippen molar-refractivity contribution in [3.63, 3.8) is 0 Å². The highest BCUT2D eigenvalue weighted by atomic mass is 79.9. The number of nitrogens with one attached hydrogen (secondary N) is 1. The van der Waals surface area contributed by atoms with Crippen molar-refractivity contribution in [2.24, 2.45) is 0 Å². The van der Waals surface area contributed by atoms with Crippen molar-refractivity contribution in [1.29, 1.82) is 0 Å². The minimum Gasteiger partial charge on any atom is -0.304 e. The molecule has 9 heteroatoms. The number of anilines is 1. The summed E-state index contributed by atoms with van der Waals surface area (Å²) in [6.45, 7) is 0. The molecule has 0 bridgehead atoms. The second kappa shape index (κ2) is 6.10. The molecule has 0 atom stereocenters. The van der Waals surface area contributed by atoms with Gasteiger partial charge in [0.15, 0.2) is 5.82 Å². The Morgan fingerprint density at radius 3 is 2.57 bits per heavy atom. The van der Waals surface area contributed by atoms with E-state index in [1.165, 1.54) is 18.3 Å². The van der Waals surface area contributed by atoms with Gasteiger partial charge < -0.3 is 5.32 Å². The van der Waals surface area contributed by atoms with Crippen LogP contribution in [0.5, 0.6) is 0 Å². The molecule has 1 heterocycles. The number of rotatable bonds is 2. The Kier molecular flexibility index (Phi) is 4.62. The molecule has 0 unspecified atom stereocenters. The molecule has 1 amide bonds. The number of carbonyl (C=O) groups excluding carboxylic acids is 1. The zero-order valence-corrected chi connectivity index (χ0v) is 13.3. The Labute approximate surface area is 134 Å². The predicted molar refractivity (Wildman–Crippen MR) is 76.8 cm³/mol. The highest BCUT2D eigenvalue weighted by molar-refractivity contribution is 9.11. The second-order valence-electron chi connectivity index (χ2n) is 3.86. The zero-order chi connectivity index (χ0) is 15.6. The highest BCUT2D eigenvalue weighted by Gasteiger charge is 2.30. The quantitative estimate of drug-likeness (QED) is 0.783. The summed E-state index contributed by atoms with van der Waals surface area (Å²) in [4.78, 5) is 19.8. The average molecular weight is 425 g/mol. The maximum Gasteiger partial charge on any atom is 0.416 e. The fourth-order valence-electron chi connectivity index (χ4n) is 1.45. The van der Waals surface area contributed by atoms with Crippen LogP contribution in [0, 0.1) is 0 Å². The van der Waals surface area contributed by atoms with Crippen molar-refractivity contribution in [3.8, 4) is 0 Å². The first-order valence-electron chi connectivity index (χ1n) is 5.44. The lowest BCUT2D eigenvalue weighted by atomic mass is 10.1. The lowest BCUT2D eigenvalue weighted by molar-refractivity contribution is -0.137. The second-order valence-corrected chi connectivity index (χ2v) is 5.43. The van der Waals surface area contributed by atoms with E-state index in [4.69, 9.17) is 0 Å². The zero-order valence-electron chi connectivity index (χ0n) is 10.1. The van der Waals surface area contributed by atoms with Crippen LogP contribution in [0.1, 0.15) is 15.9 Å². The van der Waals surface area contributed by atoms with E-state index in [1.807, 2.05) is 0 Å². The van der Waals surface area contributed by atoms with E-state index < -0.39 is 17.6 Å². The summed E-state index contributed by atoms with van der Waals surface area (Å²) in [6, 6.07) is 4.12. The molecule has 0 radical (unpaired) electrons. The monoisotopic (exact) mass is 423 g/mol. The Bertz CT molecular complexity index is 692. The Morgan fingerprint density at radius 1 is 1.24 bits per heavy atom. The number of alkyl halides is 3. The molecule has 1 aromatic heterocycles. The van der Waals surface area contributed by atoms with E-state index in [-0.39, 0.29) is 16.0 Å². The third-order valence-electron chi connectivity index (χ3n) is 2.38. The molecule has 2 aromatic rings. The topological polar surface area (TPSA) is 54.9 Å². The molecule has 1 aromatic carbocycles. The summed E-state index contributed by atoms with van der Waals surface area (Å²) in [5.74, 6) is -0.598. The number of amides is 1. The van der Waals surface area contributed by atoms with Crippen molar-refractivity contribution >= 4 is 43.6 Å². The summed E-state index contributed by atoms with van der Waals surface area (Å²) in [7, 11) is 0. The average Bonchev–Trinajstić information content (AvgIpc) is 2.41. The van der Waals surface area contributed by atoms with Gasteiger partial charge in [-0.2, -0.15) is 13.2 Å². The van der Waals surface area contributed by atoms with Gasteiger partial charge in [-0.3, -0.25) is 4.79 Å². The summed E-state index contributed by atoms with van der Waals surface area (Å²) in [6.07, 6.45) is -3.15. The number of nitrogens with zero attached hydrogens (tertiary/aromatic N) is 2. The molecule has 0 saturated heterocycles. The van der Waals surface area contributed by atoms with Gasteiger partial charge >= 0.3 is 6.18 Å². The van der Waals surface area contributed by atoms with Crippen molar-refractivity contribution in [2.45, 2.75) is 6.18 Å². The van der Waals surface area contributed by atoms with Gasteiger partial charge in [0.1, 0.15) is 9.21 Å². The largest absolute Gasteiger partial charge is 0.416 e. The first kappa shape index (κ1) is 15.9. The summed E-state index contributed by atoms with van der Waals surface area (Å²) in [5.41, 5.74) is -1.02. The number of carbonyl (C=O) groups is 1. The van der Waals surface area contributed by atoms with Crippen LogP contribution >= 0.6 is 31.9 Å². The molecular formula is C12H6Br2F3N3O. The lowest BCUT2D eigenvalue weighted by Gasteiger charge is -2.09. The number of benzene rings is 1. The molecule has 0 aliphatic rings. The fourth-order valence-corrected chi connectivity index (χ4v) is 2.36. The Morgan fingerprint density at radius 2 is 1.95 bits per heavy atom. The first-order chi connectivity index (χ1) is 9.77. The van der Waals surface area contributed by atoms with Gasteiger partial charge in [-0.15, -0.1) is 0 Å². The molecule has 2 rings (SSSR count). The predicted octanol–water partition coefficient (Wildman–Crippen LogP) is 4.27. The summed E-state index contributed by atoms with van der Waals surface area (Å²) >= 11 is 6.19. The number of hydrogen-bond acceptors (Lipinski definition) is 3. The highest BCUT2D eigenvalue weighted by Crippen LogP contribution is 2.29. The van der Waals surface area contributed by atoms with E-state index in [2.05, 4.69) is 47.1 Å². The summed E-state index contributed by atoms with van der Waals surface area (Å²) < 4.78 is 38.5. The normalized spacial score (nSPS) is 11.3. The van der Waals surface area contributed by atoms with Crippen LogP contribution in [0.4, 0.5) is 19.0 Å². The minimum atomic E-state index is -4.51. The molecule has 0 aliphatic carbocycles. The first-order valence-corrected chi connectivity index (χ1v) is 7.02. The summed E-state index contributed by atoms with van der Waals surface area (Å²) in [5, 5.41) is 2.38. The van der Waals surface area contributed by atoms with E-state index in [0.29, 0.717) is 4.60 Å². The Hall–Kier alpha value is -1.48. The maximum absolute atomic E-state index is 12.6. The van der Waals surface area contributed by atoms with E-state index in [9.17, 15) is 18.0 Å². The van der Waals surface area contributed by atoms with Crippen molar-refractivity contribution in [3.05, 3.63) is 50.8 Å². The standard InChI is InChI=1S/C12H6Br2F3N3O/c13-8-5-18-10(9(14)19-8)20-11(21)6-2-1-3-7(4-6)12(15,16)17/h1-5H,(H,18,20,21). The molecule has 110 valence electrons. The van der Waals surface area contributed by atoms with Crippen LogP contribution in [0.25, 0.3) is 0 Å². The molecule has 0 aliphatic heterocycles. The van der Waals surface area contributed by atoms with Gasteiger partial charge in [-0.05, 0) is 50.1 Å². The molecule has 21 heavy (non-hydrogen) atoms. The molecule has 1 N–H and O–H groups in total. The van der Waals surface area contributed by atoms with Crippen molar-refractivity contribution in [2.75, 3.05) is 5.32 Å². The molecule has 4 nitrogen and oxygen atoms in total. The van der Waals surface area contributed by atoms with Crippen molar-refractivity contribution in [1.82, 2.24) is 9.97 Å². The van der Waals surface area contributed by atoms with Crippen LogP contribution in [-0.2, 0) is 6.18 Å². The van der Waals surface area contributed by atoms with Gasteiger partial charge in [0.25, 0.3) is 5.91 Å². The van der Waals surface area contributed by atoms with E-state index >= 15 is 0 Å². The van der Waals surface area contributed by atoms with Gasteiger partial charge in [0.2, 0.25) is 0 Å². The fraction of sp³-hybridized carbons (Fsp3) is 0.0833. The van der Waals surface area contributed by atoms with Gasteiger partial charge in [0.05, 0.1) is 11.8 Å². The SMILES string of the molecule is O=C(Nc1ncc(Br)nc1Br)c1cccc(C(F)(F)F)c1. The molecule has 0 spiro atoms. The van der Waals surface area contributed by atoms with Gasteiger partial charge in [0, 0.05) is 5.56 Å². The van der Waals surface area contributed by atoms with Gasteiger partial charge in [-0.25, -0.2) is 9.97 Å². The molecular weight excluding hydrogens is 419 g/mol. The third kappa shape index (κ3) is 4.01. The van der Waals surface area contributed by atoms with Crippen LogP contribution in [0.3, 0.4) is 0 Å². The number of aromatic nitrogens is 2. The Balaban J connectivity index is 2.25. The smallest absolute Gasteiger partial charge is 0.304 e. The molecule has 0 saturated carbocycles. The molecule has 0 fully saturated rings. The van der Waals surface area contributed by atoms with E-state index in [1.54, 1.807) is 0 Å². The van der Waals surface area contributed by atoms with E-state index in [0.717, 1.165) is 12.1 Å². The minimum absolute atomic E-state index is 0.112. The van der Waals surface area contributed by atoms with Gasteiger partial charge in [-0.1, -0.05) is 6.07 Å². The van der Waals surface area contributed by atoms with Crippen LogP contribution in [0.15, 0.2) is 39.7 Å².